The average molecular weight is 177 g/mol. The SMILES string of the molecule is CC(C)c1nc(CC#N)cc(=O)[nH]1. The number of nitriles is 1. The molecule has 0 atom stereocenters. The second-order valence-electron chi connectivity index (χ2n) is 3.11. The quantitative estimate of drug-likeness (QED) is 0.731. The number of aromatic nitrogens is 2. The van der Waals surface area contributed by atoms with E-state index in [9.17, 15) is 4.79 Å². The Labute approximate surface area is 76.2 Å². The first-order valence-corrected chi connectivity index (χ1v) is 4.10. The van der Waals surface area contributed by atoms with Gasteiger partial charge in [0.25, 0.3) is 5.56 Å². The van der Waals surface area contributed by atoms with Crippen molar-refractivity contribution in [3.8, 4) is 6.07 Å². The molecular weight excluding hydrogens is 166 g/mol. The van der Waals surface area contributed by atoms with Gasteiger partial charge in [0.15, 0.2) is 0 Å². The van der Waals surface area contributed by atoms with E-state index in [0.717, 1.165) is 0 Å². The summed E-state index contributed by atoms with van der Waals surface area (Å²) in [5.41, 5.74) is 0.346. The molecule has 0 saturated carbocycles. The summed E-state index contributed by atoms with van der Waals surface area (Å²) in [4.78, 5) is 17.9. The van der Waals surface area contributed by atoms with Gasteiger partial charge in [0.1, 0.15) is 5.82 Å². The number of hydrogen-bond donors (Lipinski definition) is 1. The molecule has 1 N–H and O–H groups in total. The predicted octanol–water partition coefficient (Wildman–Crippen LogP) is 0.959. The largest absolute Gasteiger partial charge is 0.310 e. The minimum atomic E-state index is -0.191. The standard InChI is InChI=1S/C9H11N3O/c1-6(2)9-11-7(3-4-10)5-8(13)12-9/h5-6H,3H2,1-2H3,(H,11,12,13). The van der Waals surface area contributed by atoms with Crippen LogP contribution in [0.2, 0.25) is 0 Å². The molecule has 0 aromatic carbocycles. The summed E-state index contributed by atoms with van der Waals surface area (Å²) in [5.74, 6) is 0.809. The lowest BCUT2D eigenvalue weighted by Crippen LogP contribution is -2.13. The zero-order valence-corrected chi connectivity index (χ0v) is 7.66. The van der Waals surface area contributed by atoms with E-state index in [-0.39, 0.29) is 17.9 Å². The van der Waals surface area contributed by atoms with E-state index < -0.39 is 0 Å². The van der Waals surface area contributed by atoms with E-state index in [1.54, 1.807) is 0 Å². The zero-order valence-electron chi connectivity index (χ0n) is 7.66. The van der Waals surface area contributed by atoms with E-state index in [1.807, 2.05) is 19.9 Å². The summed E-state index contributed by atoms with van der Waals surface area (Å²) in [6.07, 6.45) is 0.184. The van der Waals surface area contributed by atoms with Gasteiger partial charge in [-0.05, 0) is 0 Å². The molecule has 13 heavy (non-hydrogen) atoms. The third-order valence-corrected chi connectivity index (χ3v) is 1.62. The van der Waals surface area contributed by atoms with Crippen molar-refractivity contribution in [1.82, 2.24) is 9.97 Å². The smallest absolute Gasteiger partial charge is 0.251 e. The molecule has 0 aliphatic carbocycles. The first kappa shape index (κ1) is 9.46. The molecule has 1 aromatic heterocycles. The molecule has 0 aliphatic heterocycles. The van der Waals surface area contributed by atoms with Crippen LogP contribution in [0.25, 0.3) is 0 Å². The fourth-order valence-corrected chi connectivity index (χ4v) is 0.974. The molecule has 1 aromatic rings. The van der Waals surface area contributed by atoms with Crippen LogP contribution >= 0.6 is 0 Å². The molecule has 0 bridgehead atoms. The van der Waals surface area contributed by atoms with Crippen molar-refractivity contribution in [1.29, 1.82) is 5.26 Å². The van der Waals surface area contributed by atoms with Gasteiger partial charge >= 0.3 is 0 Å². The Morgan fingerprint density at radius 3 is 2.92 bits per heavy atom. The van der Waals surface area contributed by atoms with Crippen molar-refractivity contribution in [2.45, 2.75) is 26.2 Å². The summed E-state index contributed by atoms with van der Waals surface area (Å²) in [6.45, 7) is 3.88. The second kappa shape index (κ2) is 3.85. The fraction of sp³-hybridized carbons (Fsp3) is 0.444. The molecule has 0 unspecified atom stereocenters. The third kappa shape index (κ3) is 2.41. The van der Waals surface area contributed by atoms with Gasteiger partial charge in [-0.15, -0.1) is 0 Å². The van der Waals surface area contributed by atoms with Crippen LogP contribution in [0.1, 0.15) is 31.3 Å². The summed E-state index contributed by atoms with van der Waals surface area (Å²) < 4.78 is 0. The first-order valence-electron chi connectivity index (χ1n) is 4.10. The Morgan fingerprint density at radius 2 is 2.38 bits per heavy atom. The van der Waals surface area contributed by atoms with Crippen molar-refractivity contribution in [3.63, 3.8) is 0 Å². The highest BCUT2D eigenvalue weighted by Gasteiger charge is 2.04. The highest BCUT2D eigenvalue weighted by atomic mass is 16.1. The molecule has 0 saturated heterocycles. The van der Waals surface area contributed by atoms with Gasteiger partial charge in [-0.3, -0.25) is 4.79 Å². The van der Waals surface area contributed by atoms with Crippen LogP contribution in [0.5, 0.6) is 0 Å². The number of H-pyrrole nitrogens is 1. The Hall–Kier alpha value is -1.63. The van der Waals surface area contributed by atoms with Gasteiger partial charge in [-0.2, -0.15) is 5.26 Å². The average Bonchev–Trinajstić information content (AvgIpc) is 2.03. The Bertz CT molecular complexity index is 387. The van der Waals surface area contributed by atoms with Crippen molar-refractivity contribution >= 4 is 0 Å². The number of nitrogens with one attached hydrogen (secondary N) is 1. The lowest BCUT2D eigenvalue weighted by molar-refractivity contribution is 0.754. The Balaban J connectivity index is 3.13. The molecule has 0 aliphatic rings. The minimum absolute atomic E-state index is 0.173. The number of nitrogens with zero attached hydrogens (tertiary/aromatic N) is 2. The van der Waals surface area contributed by atoms with E-state index in [0.29, 0.717) is 11.5 Å². The van der Waals surface area contributed by atoms with Crippen LogP contribution in [0.15, 0.2) is 10.9 Å². The minimum Gasteiger partial charge on any atom is -0.310 e. The molecule has 4 heteroatoms. The third-order valence-electron chi connectivity index (χ3n) is 1.62. The Morgan fingerprint density at radius 1 is 1.69 bits per heavy atom. The summed E-state index contributed by atoms with van der Waals surface area (Å²) >= 11 is 0. The number of aromatic amines is 1. The summed E-state index contributed by atoms with van der Waals surface area (Å²) in [6, 6.07) is 3.32. The van der Waals surface area contributed by atoms with Gasteiger partial charge in [0.2, 0.25) is 0 Å². The van der Waals surface area contributed by atoms with E-state index in [2.05, 4.69) is 9.97 Å². The van der Waals surface area contributed by atoms with Gasteiger partial charge < -0.3 is 4.98 Å². The van der Waals surface area contributed by atoms with Crippen LogP contribution in [0.4, 0.5) is 0 Å². The summed E-state index contributed by atoms with van der Waals surface area (Å²) in [7, 11) is 0. The zero-order chi connectivity index (χ0) is 9.84. The highest BCUT2D eigenvalue weighted by Crippen LogP contribution is 2.06. The molecule has 0 amide bonds. The van der Waals surface area contributed by atoms with Crippen LogP contribution in [0.3, 0.4) is 0 Å². The van der Waals surface area contributed by atoms with Crippen LogP contribution < -0.4 is 5.56 Å². The van der Waals surface area contributed by atoms with E-state index in [4.69, 9.17) is 5.26 Å². The molecule has 68 valence electrons. The highest BCUT2D eigenvalue weighted by molar-refractivity contribution is 5.08. The predicted molar refractivity (Wildman–Crippen MR) is 48.3 cm³/mol. The van der Waals surface area contributed by atoms with Crippen molar-refractivity contribution in [2.24, 2.45) is 0 Å². The lowest BCUT2D eigenvalue weighted by atomic mass is 10.2. The number of hydrogen-bond acceptors (Lipinski definition) is 3. The van der Waals surface area contributed by atoms with Crippen LogP contribution in [0, 0.1) is 11.3 Å². The molecule has 0 fully saturated rings. The second-order valence-corrected chi connectivity index (χ2v) is 3.11. The normalized spacial score (nSPS) is 10.0. The van der Waals surface area contributed by atoms with Gasteiger partial charge in [0.05, 0.1) is 18.2 Å². The molecule has 4 nitrogen and oxygen atoms in total. The fourth-order valence-electron chi connectivity index (χ4n) is 0.974. The topological polar surface area (TPSA) is 69.5 Å². The van der Waals surface area contributed by atoms with Gasteiger partial charge in [-0.1, -0.05) is 13.8 Å². The molecular formula is C9H11N3O. The molecule has 1 heterocycles. The number of rotatable bonds is 2. The summed E-state index contributed by atoms with van der Waals surface area (Å²) in [5, 5.41) is 8.44. The van der Waals surface area contributed by atoms with E-state index >= 15 is 0 Å². The van der Waals surface area contributed by atoms with Gasteiger partial charge in [-0.25, -0.2) is 4.98 Å². The van der Waals surface area contributed by atoms with Crippen molar-refractivity contribution in [2.75, 3.05) is 0 Å². The maximum Gasteiger partial charge on any atom is 0.251 e. The maximum absolute atomic E-state index is 11.1. The monoisotopic (exact) mass is 177 g/mol. The van der Waals surface area contributed by atoms with Crippen molar-refractivity contribution in [3.05, 3.63) is 27.9 Å². The maximum atomic E-state index is 11.1. The molecule has 0 radical (unpaired) electrons. The lowest BCUT2D eigenvalue weighted by Gasteiger charge is -2.04. The van der Waals surface area contributed by atoms with Crippen LogP contribution in [-0.4, -0.2) is 9.97 Å². The van der Waals surface area contributed by atoms with Gasteiger partial charge in [0, 0.05) is 12.0 Å². The van der Waals surface area contributed by atoms with E-state index in [1.165, 1.54) is 6.07 Å². The molecule has 0 spiro atoms. The Kier molecular flexibility index (Phi) is 2.80. The first-order chi connectivity index (χ1) is 6.13. The molecule has 1 rings (SSSR count). The van der Waals surface area contributed by atoms with Crippen molar-refractivity contribution < 1.29 is 0 Å². The van der Waals surface area contributed by atoms with Crippen LogP contribution in [-0.2, 0) is 6.42 Å².